The van der Waals surface area contributed by atoms with Gasteiger partial charge in [-0.2, -0.15) is 0 Å². The molecule has 1 heterocycles. The lowest BCUT2D eigenvalue weighted by Gasteiger charge is -2.24. The molecule has 3 aromatic carbocycles. The number of hydrogen-bond donors (Lipinski definition) is 0. The molecular formula is C26H29N. The summed E-state index contributed by atoms with van der Waals surface area (Å²) >= 11 is 0. The highest BCUT2D eigenvalue weighted by Gasteiger charge is 2.21. The van der Waals surface area contributed by atoms with E-state index in [4.69, 9.17) is 0 Å². The summed E-state index contributed by atoms with van der Waals surface area (Å²) in [6, 6.07) is 24.6. The van der Waals surface area contributed by atoms with Gasteiger partial charge in [0.2, 0.25) is 0 Å². The van der Waals surface area contributed by atoms with Gasteiger partial charge in [-0.15, -0.1) is 0 Å². The van der Waals surface area contributed by atoms with E-state index in [0.29, 0.717) is 0 Å². The van der Waals surface area contributed by atoms with Crippen LogP contribution in [0.1, 0.15) is 47.1 Å². The molecule has 0 saturated carbocycles. The Kier molecular flexibility index (Phi) is 3.96. The summed E-state index contributed by atoms with van der Waals surface area (Å²) < 4.78 is 2.48. The Morgan fingerprint density at radius 2 is 1.26 bits per heavy atom. The molecule has 0 spiro atoms. The van der Waals surface area contributed by atoms with Crippen LogP contribution in [0.3, 0.4) is 0 Å². The minimum absolute atomic E-state index is 0.0211. The third kappa shape index (κ3) is 3.06. The molecule has 138 valence electrons. The van der Waals surface area contributed by atoms with E-state index in [2.05, 4.69) is 113 Å². The molecule has 0 N–H and O–H groups in total. The second-order valence-corrected chi connectivity index (χ2v) is 9.59. The molecule has 0 fully saturated rings. The number of fused-ring (bicyclic) bond motifs is 3. The number of nitrogens with zero attached hydrogens (tertiary/aromatic N) is 1. The van der Waals surface area contributed by atoms with Crippen LogP contribution in [0.4, 0.5) is 0 Å². The van der Waals surface area contributed by atoms with E-state index in [9.17, 15) is 0 Å². The second kappa shape index (κ2) is 5.99. The van der Waals surface area contributed by atoms with Gasteiger partial charge in [-0.3, -0.25) is 0 Å². The molecule has 1 heteroatoms. The summed E-state index contributed by atoms with van der Waals surface area (Å²) in [7, 11) is 0. The fourth-order valence-corrected chi connectivity index (χ4v) is 4.04. The fourth-order valence-electron chi connectivity index (χ4n) is 4.04. The first-order valence-electron chi connectivity index (χ1n) is 9.81. The normalized spacial score (nSPS) is 12.8. The second-order valence-electron chi connectivity index (χ2n) is 9.59. The van der Waals surface area contributed by atoms with Crippen LogP contribution < -0.4 is 0 Å². The third-order valence-electron chi connectivity index (χ3n) is 5.41. The van der Waals surface area contributed by atoms with Crippen molar-refractivity contribution >= 4 is 21.8 Å². The molecule has 1 nitrogen and oxygen atoms in total. The largest absolute Gasteiger partial charge is 0.335 e. The first-order chi connectivity index (χ1) is 12.7. The van der Waals surface area contributed by atoms with E-state index in [1.165, 1.54) is 38.5 Å². The minimum Gasteiger partial charge on any atom is -0.335 e. The Morgan fingerprint density at radius 1 is 0.593 bits per heavy atom. The van der Waals surface area contributed by atoms with Gasteiger partial charge in [0.25, 0.3) is 0 Å². The van der Waals surface area contributed by atoms with E-state index < -0.39 is 0 Å². The number of benzene rings is 3. The summed E-state index contributed by atoms with van der Waals surface area (Å²) in [5.41, 5.74) is 6.73. The highest BCUT2D eigenvalue weighted by molar-refractivity contribution is 6.09. The standard InChI is InChI=1S/C26H29N/c1-25(2,3)20-11-9-10-18(16-20)19-14-15-22-21-12-7-8-13-23(21)27(24(22)17-19)26(4,5)6/h7-17H,1-6H3. The molecule has 0 saturated heterocycles. The van der Waals surface area contributed by atoms with Crippen LogP contribution in [0.25, 0.3) is 32.9 Å². The van der Waals surface area contributed by atoms with Crippen LogP contribution in [0.5, 0.6) is 0 Å². The Hall–Kier alpha value is -2.54. The molecule has 0 atom stereocenters. The summed E-state index contributed by atoms with van der Waals surface area (Å²) in [6.45, 7) is 13.7. The number of aromatic nitrogens is 1. The predicted octanol–water partition coefficient (Wildman–Crippen LogP) is 7.51. The maximum absolute atomic E-state index is 2.48. The Balaban J connectivity index is 1.99. The van der Waals surface area contributed by atoms with Gasteiger partial charge in [-0.25, -0.2) is 0 Å². The quantitative estimate of drug-likeness (QED) is 0.333. The predicted molar refractivity (Wildman–Crippen MR) is 119 cm³/mol. The number of hydrogen-bond acceptors (Lipinski definition) is 0. The van der Waals surface area contributed by atoms with Gasteiger partial charge < -0.3 is 4.57 Å². The molecule has 0 aliphatic rings. The van der Waals surface area contributed by atoms with Gasteiger partial charge >= 0.3 is 0 Å². The van der Waals surface area contributed by atoms with Crippen molar-refractivity contribution in [1.82, 2.24) is 4.57 Å². The van der Waals surface area contributed by atoms with Crippen molar-refractivity contribution in [2.45, 2.75) is 52.5 Å². The van der Waals surface area contributed by atoms with Crippen LogP contribution in [-0.2, 0) is 11.0 Å². The van der Waals surface area contributed by atoms with Crippen molar-refractivity contribution in [2.24, 2.45) is 0 Å². The zero-order valence-electron chi connectivity index (χ0n) is 17.3. The van der Waals surface area contributed by atoms with E-state index in [0.717, 1.165) is 0 Å². The monoisotopic (exact) mass is 355 g/mol. The lowest BCUT2D eigenvalue weighted by atomic mass is 9.85. The minimum atomic E-state index is 0.0211. The SMILES string of the molecule is CC(C)(C)c1cccc(-c2ccc3c4ccccc4n(C(C)(C)C)c3c2)c1. The maximum Gasteiger partial charge on any atom is 0.0502 e. The van der Waals surface area contributed by atoms with Crippen LogP contribution in [0.2, 0.25) is 0 Å². The molecule has 27 heavy (non-hydrogen) atoms. The fraction of sp³-hybridized carbons (Fsp3) is 0.308. The van der Waals surface area contributed by atoms with E-state index in [1.807, 2.05) is 0 Å². The molecule has 0 aliphatic heterocycles. The lowest BCUT2D eigenvalue weighted by molar-refractivity contribution is 0.423. The Labute approximate surface area is 162 Å². The summed E-state index contributed by atoms with van der Waals surface area (Å²) in [5.74, 6) is 0. The van der Waals surface area contributed by atoms with Crippen molar-refractivity contribution in [3.05, 3.63) is 72.3 Å². The summed E-state index contributed by atoms with van der Waals surface area (Å²) in [4.78, 5) is 0. The van der Waals surface area contributed by atoms with Crippen molar-refractivity contribution < 1.29 is 0 Å². The molecular weight excluding hydrogens is 326 g/mol. The molecule has 0 bridgehead atoms. The Bertz CT molecular complexity index is 1130. The summed E-state index contributed by atoms with van der Waals surface area (Å²) in [5, 5.41) is 2.66. The molecule has 0 unspecified atom stereocenters. The average molecular weight is 356 g/mol. The van der Waals surface area contributed by atoms with Gasteiger partial charge in [-0.05, 0) is 55.0 Å². The number of para-hydroxylation sites is 1. The maximum atomic E-state index is 2.48. The average Bonchev–Trinajstić information content (AvgIpc) is 2.95. The third-order valence-corrected chi connectivity index (χ3v) is 5.41. The van der Waals surface area contributed by atoms with Crippen molar-refractivity contribution in [3.8, 4) is 11.1 Å². The van der Waals surface area contributed by atoms with E-state index >= 15 is 0 Å². The van der Waals surface area contributed by atoms with E-state index in [1.54, 1.807) is 0 Å². The zero-order chi connectivity index (χ0) is 19.4. The molecule has 0 radical (unpaired) electrons. The molecule has 0 aliphatic carbocycles. The van der Waals surface area contributed by atoms with Crippen LogP contribution in [0, 0.1) is 0 Å². The van der Waals surface area contributed by atoms with Crippen molar-refractivity contribution in [2.75, 3.05) is 0 Å². The van der Waals surface area contributed by atoms with Crippen molar-refractivity contribution in [3.63, 3.8) is 0 Å². The zero-order valence-corrected chi connectivity index (χ0v) is 17.3. The highest BCUT2D eigenvalue weighted by Crippen LogP contribution is 2.36. The van der Waals surface area contributed by atoms with Crippen LogP contribution in [0.15, 0.2) is 66.7 Å². The van der Waals surface area contributed by atoms with Gasteiger partial charge in [-0.1, -0.05) is 75.4 Å². The molecule has 1 aromatic heterocycles. The van der Waals surface area contributed by atoms with Crippen LogP contribution in [-0.4, -0.2) is 4.57 Å². The smallest absolute Gasteiger partial charge is 0.0502 e. The molecule has 4 aromatic rings. The van der Waals surface area contributed by atoms with Crippen LogP contribution >= 0.6 is 0 Å². The van der Waals surface area contributed by atoms with Gasteiger partial charge in [0.1, 0.15) is 0 Å². The van der Waals surface area contributed by atoms with Gasteiger partial charge in [0, 0.05) is 21.8 Å². The topological polar surface area (TPSA) is 4.93 Å². The van der Waals surface area contributed by atoms with Gasteiger partial charge in [0.15, 0.2) is 0 Å². The van der Waals surface area contributed by atoms with Crippen molar-refractivity contribution in [1.29, 1.82) is 0 Å². The molecule has 0 amide bonds. The highest BCUT2D eigenvalue weighted by atomic mass is 15.0. The first kappa shape index (κ1) is 17.9. The molecule has 4 rings (SSSR count). The summed E-state index contributed by atoms with van der Waals surface area (Å²) in [6.07, 6.45) is 0. The first-order valence-corrected chi connectivity index (χ1v) is 9.81. The number of rotatable bonds is 1. The lowest BCUT2D eigenvalue weighted by Crippen LogP contribution is -2.21. The van der Waals surface area contributed by atoms with Gasteiger partial charge in [0.05, 0.1) is 5.52 Å². The van der Waals surface area contributed by atoms with E-state index in [-0.39, 0.29) is 11.0 Å². The Morgan fingerprint density at radius 3 is 1.96 bits per heavy atom.